The molecule has 0 spiro atoms. The second-order valence-corrected chi connectivity index (χ2v) is 6.06. The van der Waals surface area contributed by atoms with E-state index in [2.05, 4.69) is 5.32 Å². The van der Waals surface area contributed by atoms with Gasteiger partial charge in [-0.25, -0.2) is 4.79 Å². The van der Waals surface area contributed by atoms with Crippen LogP contribution in [0.1, 0.15) is 47.2 Å². The van der Waals surface area contributed by atoms with Gasteiger partial charge >= 0.3 is 5.97 Å². The normalized spacial score (nSPS) is 19.5. The Morgan fingerprint density at radius 1 is 1.23 bits per heavy atom. The molecular weight excluding hydrogens is 282 g/mol. The van der Waals surface area contributed by atoms with Crippen molar-refractivity contribution in [2.45, 2.75) is 45.6 Å². The number of hydrogen-bond donors (Lipinski definition) is 2. The molecule has 5 nitrogen and oxygen atoms in total. The Labute approximate surface area is 129 Å². The van der Waals surface area contributed by atoms with Gasteiger partial charge in [-0.1, -0.05) is 17.2 Å². The Morgan fingerprint density at radius 2 is 1.86 bits per heavy atom. The summed E-state index contributed by atoms with van der Waals surface area (Å²) in [6.07, 6.45) is 2.07. The Morgan fingerprint density at radius 3 is 2.41 bits per heavy atom. The van der Waals surface area contributed by atoms with Crippen LogP contribution in [-0.2, 0) is 9.59 Å². The van der Waals surface area contributed by atoms with E-state index < -0.39 is 17.9 Å². The minimum absolute atomic E-state index is 0.0724. The van der Waals surface area contributed by atoms with Crippen LogP contribution in [0.4, 0.5) is 0 Å². The highest BCUT2D eigenvalue weighted by atomic mass is 16.4. The van der Waals surface area contributed by atoms with Gasteiger partial charge in [-0.05, 0) is 44.7 Å². The number of aryl methyl sites for hydroxylation is 2. The molecule has 0 aromatic heterocycles. The van der Waals surface area contributed by atoms with Crippen LogP contribution in [0.2, 0.25) is 0 Å². The van der Waals surface area contributed by atoms with Crippen molar-refractivity contribution >= 4 is 17.7 Å². The van der Waals surface area contributed by atoms with E-state index in [4.69, 9.17) is 0 Å². The molecule has 0 heterocycles. The van der Waals surface area contributed by atoms with E-state index in [1.165, 1.54) is 0 Å². The summed E-state index contributed by atoms with van der Waals surface area (Å²) >= 11 is 0. The van der Waals surface area contributed by atoms with Gasteiger partial charge in [0.25, 0.3) is 5.91 Å². The lowest BCUT2D eigenvalue weighted by molar-refractivity contribution is -0.141. The molecule has 1 aliphatic rings. The fraction of sp³-hybridized carbons (Fsp3) is 0.471. The topological polar surface area (TPSA) is 83.5 Å². The van der Waals surface area contributed by atoms with Crippen molar-refractivity contribution in [3.05, 3.63) is 34.9 Å². The molecule has 2 N–H and O–H groups in total. The molecule has 1 aromatic carbocycles. The summed E-state index contributed by atoms with van der Waals surface area (Å²) in [6, 6.07) is 4.39. The first kappa shape index (κ1) is 16.2. The summed E-state index contributed by atoms with van der Waals surface area (Å²) in [5.41, 5.74) is 2.35. The zero-order chi connectivity index (χ0) is 16.3. The number of carboxylic acids is 1. The third-order valence-corrected chi connectivity index (χ3v) is 4.03. The molecule has 5 heteroatoms. The van der Waals surface area contributed by atoms with Gasteiger partial charge in [0.05, 0.1) is 0 Å². The molecule has 1 saturated carbocycles. The fourth-order valence-electron chi connectivity index (χ4n) is 3.05. The van der Waals surface area contributed by atoms with Crippen molar-refractivity contribution in [1.29, 1.82) is 0 Å². The predicted molar refractivity (Wildman–Crippen MR) is 81.8 cm³/mol. The van der Waals surface area contributed by atoms with Gasteiger partial charge in [-0.15, -0.1) is 0 Å². The molecule has 0 aliphatic heterocycles. The molecule has 118 valence electrons. The number of nitrogens with one attached hydrogen (secondary N) is 1. The second kappa shape index (κ2) is 6.73. The number of Topliss-reactive ketones (excluding diaryl/α,β-unsaturated/α-hetero) is 1. The van der Waals surface area contributed by atoms with Crippen molar-refractivity contribution in [3.63, 3.8) is 0 Å². The summed E-state index contributed by atoms with van der Waals surface area (Å²) in [7, 11) is 0. The van der Waals surface area contributed by atoms with E-state index in [0.29, 0.717) is 24.8 Å². The van der Waals surface area contributed by atoms with Gasteiger partial charge in [0.1, 0.15) is 11.8 Å². The van der Waals surface area contributed by atoms with Gasteiger partial charge in [-0.3, -0.25) is 9.59 Å². The molecule has 1 amide bonds. The number of amides is 1. The van der Waals surface area contributed by atoms with Crippen LogP contribution >= 0.6 is 0 Å². The Bertz CT molecular complexity index is 588. The summed E-state index contributed by atoms with van der Waals surface area (Å²) in [5.74, 6) is -1.74. The SMILES string of the molecule is Cc1cc(C)cc(C(=O)N[C@@H](C(=O)O)[C@@H]2CCCC(=O)C2)c1. The molecule has 1 aliphatic carbocycles. The number of rotatable bonds is 4. The van der Waals surface area contributed by atoms with Crippen LogP contribution in [0.5, 0.6) is 0 Å². The zero-order valence-corrected chi connectivity index (χ0v) is 12.9. The van der Waals surface area contributed by atoms with E-state index in [1.54, 1.807) is 12.1 Å². The van der Waals surface area contributed by atoms with Crippen molar-refractivity contribution in [3.8, 4) is 0 Å². The first-order chi connectivity index (χ1) is 10.4. The lowest BCUT2D eigenvalue weighted by Crippen LogP contribution is -2.47. The smallest absolute Gasteiger partial charge is 0.326 e. The van der Waals surface area contributed by atoms with Gasteiger partial charge in [-0.2, -0.15) is 0 Å². The van der Waals surface area contributed by atoms with E-state index in [9.17, 15) is 19.5 Å². The fourth-order valence-corrected chi connectivity index (χ4v) is 3.05. The largest absolute Gasteiger partial charge is 0.480 e. The molecule has 2 atom stereocenters. The lowest BCUT2D eigenvalue weighted by atomic mass is 9.83. The minimum atomic E-state index is -1.09. The monoisotopic (exact) mass is 303 g/mol. The maximum absolute atomic E-state index is 12.3. The molecular formula is C17H21NO4. The number of carbonyl (C=O) groups is 3. The van der Waals surface area contributed by atoms with Crippen LogP contribution < -0.4 is 5.32 Å². The number of ketones is 1. The molecule has 1 fully saturated rings. The molecule has 0 saturated heterocycles. The average molecular weight is 303 g/mol. The van der Waals surface area contributed by atoms with Crippen LogP contribution in [0, 0.1) is 19.8 Å². The first-order valence-electron chi connectivity index (χ1n) is 7.50. The van der Waals surface area contributed by atoms with Crippen LogP contribution in [0.15, 0.2) is 18.2 Å². The minimum Gasteiger partial charge on any atom is -0.480 e. The van der Waals surface area contributed by atoms with E-state index >= 15 is 0 Å². The predicted octanol–water partition coefficient (Wildman–Crippen LogP) is 2.25. The summed E-state index contributed by atoms with van der Waals surface area (Å²) in [4.78, 5) is 35.3. The highest BCUT2D eigenvalue weighted by Gasteiger charge is 2.33. The standard InChI is InChI=1S/C17H21NO4/c1-10-6-11(2)8-13(7-10)16(20)18-15(17(21)22)12-4-3-5-14(19)9-12/h6-8,12,15H,3-5,9H2,1-2H3,(H,18,20)(H,21,22)/t12-,15-/m1/s1. The Balaban J connectivity index is 2.15. The van der Waals surface area contributed by atoms with Crippen LogP contribution in [0.3, 0.4) is 0 Å². The van der Waals surface area contributed by atoms with Crippen LogP contribution in [-0.4, -0.2) is 28.8 Å². The van der Waals surface area contributed by atoms with Gasteiger partial charge in [0.15, 0.2) is 0 Å². The van der Waals surface area contributed by atoms with Gasteiger partial charge in [0.2, 0.25) is 0 Å². The first-order valence-corrected chi connectivity index (χ1v) is 7.50. The Kier molecular flexibility index (Phi) is 4.96. The number of carboxylic acid groups (broad SMARTS) is 1. The third kappa shape index (κ3) is 3.93. The van der Waals surface area contributed by atoms with E-state index in [-0.39, 0.29) is 18.1 Å². The number of hydrogen-bond acceptors (Lipinski definition) is 3. The van der Waals surface area contributed by atoms with Crippen molar-refractivity contribution < 1.29 is 19.5 Å². The van der Waals surface area contributed by atoms with E-state index in [1.807, 2.05) is 19.9 Å². The molecule has 1 aromatic rings. The number of carbonyl (C=O) groups excluding carboxylic acids is 2. The molecule has 2 rings (SSSR count). The average Bonchev–Trinajstić information content (AvgIpc) is 2.43. The highest BCUT2D eigenvalue weighted by Crippen LogP contribution is 2.25. The lowest BCUT2D eigenvalue weighted by Gasteiger charge is -2.27. The summed E-state index contributed by atoms with van der Waals surface area (Å²) < 4.78 is 0. The second-order valence-electron chi connectivity index (χ2n) is 6.06. The molecule has 0 bridgehead atoms. The number of benzene rings is 1. The van der Waals surface area contributed by atoms with Crippen molar-refractivity contribution in [2.75, 3.05) is 0 Å². The molecule has 0 unspecified atom stereocenters. The highest BCUT2D eigenvalue weighted by molar-refractivity contribution is 5.97. The third-order valence-electron chi connectivity index (χ3n) is 4.03. The summed E-state index contributed by atoms with van der Waals surface area (Å²) in [5, 5.41) is 12.0. The molecule has 22 heavy (non-hydrogen) atoms. The quantitative estimate of drug-likeness (QED) is 0.893. The van der Waals surface area contributed by atoms with Crippen LogP contribution in [0.25, 0.3) is 0 Å². The summed E-state index contributed by atoms with van der Waals surface area (Å²) in [6.45, 7) is 3.77. The Hall–Kier alpha value is -2.17. The maximum atomic E-state index is 12.3. The van der Waals surface area contributed by atoms with E-state index in [0.717, 1.165) is 11.1 Å². The van der Waals surface area contributed by atoms with Gasteiger partial charge < -0.3 is 10.4 Å². The molecule has 0 radical (unpaired) electrons. The number of aliphatic carboxylic acids is 1. The van der Waals surface area contributed by atoms with Crippen molar-refractivity contribution in [2.24, 2.45) is 5.92 Å². The maximum Gasteiger partial charge on any atom is 0.326 e. The van der Waals surface area contributed by atoms with Gasteiger partial charge in [0, 0.05) is 18.4 Å². The van der Waals surface area contributed by atoms with Crippen molar-refractivity contribution in [1.82, 2.24) is 5.32 Å². The zero-order valence-electron chi connectivity index (χ0n) is 12.9.